The highest BCUT2D eigenvalue weighted by molar-refractivity contribution is 5.75. The van der Waals surface area contributed by atoms with E-state index < -0.39 is 0 Å². The largest absolute Gasteiger partial charge is 0.460 e. The number of esters is 1. The lowest BCUT2D eigenvalue weighted by atomic mass is 10.0. The molecule has 0 aromatic rings. The first-order valence-electron chi connectivity index (χ1n) is 7.83. The van der Waals surface area contributed by atoms with E-state index in [1.54, 1.807) is 0 Å². The second-order valence-corrected chi connectivity index (χ2v) is 5.51. The van der Waals surface area contributed by atoms with Crippen LogP contribution in [-0.4, -0.2) is 63.0 Å². The number of cyclic esters (lactones) is 1. The SMILES string of the molecule is CCCOC[C@H]1C[C@H](CC#CCN2CCOCC2)C(=O)O1. The van der Waals surface area contributed by atoms with Crippen LogP contribution in [0.1, 0.15) is 26.2 Å². The van der Waals surface area contributed by atoms with Gasteiger partial charge in [-0.3, -0.25) is 9.69 Å². The van der Waals surface area contributed by atoms with Crippen LogP contribution in [0.2, 0.25) is 0 Å². The molecule has 2 aliphatic heterocycles. The standard InChI is InChI=1S/C16H25NO4/c1-2-9-20-13-15-12-14(16(18)21-15)5-3-4-6-17-7-10-19-11-8-17/h14-15H,2,5-13H2,1H3/t14-,15+/m0/s1. The van der Waals surface area contributed by atoms with Crippen molar-refractivity contribution < 1.29 is 19.0 Å². The number of ether oxygens (including phenoxy) is 3. The molecule has 2 saturated heterocycles. The van der Waals surface area contributed by atoms with Gasteiger partial charge in [0.15, 0.2) is 0 Å². The predicted octanol–water partition coefficient (Wildman–Crippen LogP) is 1.07. The number of hydrogen-bond donors (Lipinski definition) is 0. The number of nitrogens with zero attached hydrogens (tertiary/aromatic N) is 1. The molecule has 0 aromatic carbocycles. The van der Waals surface area contributed by atoms with Crippen LogP contribution in [0.4, 0.5) is 0 Å². The van der Waals surface area contributed by atoms with Crippen molar-refractivity contribution in [3.05, 3.63) is 0 Å². The van der Waals surface area contributed by atoms with Crippen LogP contribution in [0.5, 0.6) is 0 Å². The van der Waals surface area contributed by atoms with Crippen LogP contribution < -0.4 is 0 Å². The maximum Gasteiger partial charge on any atom is 0.310 e. The van der Waals surface area contributed by atoms with Gasteiger partial charge in [0.1, 0.15) is 6.10 Å². The molecule has 2 atom stereocenters. The van der Waals surface area contributed by atoms with Gasteiger partial charge in [-0.15, -0.1) is 5.92 Å². The van der Waals surface area contributed by atoms with Gasteiger partial charge in [-0.05, 0) is 6.42 Å². The summed E-state index contributed by atoms with van der Waals surface area (Å²) in [6.07, 6.45) is 2.22. The third-order valence-electron chi connectivity index (χ3n) is 3.70. The van der Waals surface area contributed by atoms with Crippen molar-refractivity contribution >= 4 is 5.97 Å². The number of carbonyl (C=O) groups excluding carboxylic acids is 1. The third-order valence-corrected chi connectivity index (χ3v) is 3.70. The topological polar surface area (TPSA) is 48.0 Å². The second-order valence-electron chi connectivity index (χ2n) is 5.51. The second kappa shape index (κ2) is 9.04. The Labute approximate surface area is 126 Å². The van der Waals surface area contributed by atoms with E-state index >= 15 is 0 Å². The molecule has 2 fully saturated rings. The molecule has 0 amide bonds. The fourth-order valence-corrected chi connectivity index (χ4v) is 2.47. The molecule has 0 N–H and O–H groups in total. The fourth-order valence-electron chi connectivity index (χ4n) is 2.47. The molecule has 0 aromatic heterocycles. The third kappa shape index (κ3) is 5.66. The summed E-state index contributed by atoms with van der Waals surface area (Å²) in [5.74, 6) is 6.06. The maximum atomic E-state index is 11.7. The van der Waals surface area contributed by atoms with E-state index in [1.807, 2.05) is 0 Å². The Morgan fingerprint density at radius 3 is 2.90 bits per heavy atom. The first kappa shape index (κ1) is 16.3. The summed E-state index contributed by atoms with van der Waals surface area (Å²) in [6.45, 7) is 7.51. The van der Waals surface area contributed by atoms with E-state index in [0.717, 1.165) is 52.3 Å². The van der Waals surface area contributed by atoms with Crippen molar-refractivity contribution in [3.63, 3.8) is 0 Å². The zero-order valence-electron chi connectivity index (χ0n) is 12.8. The molecule has 21 heavy (non-hydrogen) atoms. The van der Waals surface area contributed by atoms with Crippen LogP contribution in [0.3, 0.4) is 0 Å². The van der Waals surface area contributed by atoms with E-state index in [2.05, 4.69) is 23.7 Å². The summed E-state index contributed by atoms with van der Waals surface area (Å²) in [6, 6.07) is 0. The van der Waals surface area contributed by atoms with Crippen LogP contribution >= 0.6 is 0 Å². The van der Waals surface area contributed by atoms with Crippen molar-refractivity contribution in [2.45, 2.75) is 32.3 Å². The molecule has 2 heterocycles. The molecule has 5 nitrogen and oxygen atoms in total. The summed E-state index contributed by atoms with van der Waals surface area (Å²) in [5, 5.41) is 0. The van der Waals surface area contributed by atoms with Crippen molar-refractivity contribution in [1.82, 2.24) is 4.90 Å². The zero-order chi connectivity index (χ0) is 14.9. The van der Waals surface area contributed by atoms with E-state index in [-0.39, 0.29) is 18.0 Å². The average Bonchev–Trinajstić information content (AvgIpc) is 2.85. The molecule has 0 bridgehead atoms. The van der Waals surface area contributed by atoms with Gasteiger partial charge in [0, 0.05) is 32.5 Å². The quantitative estimate of drug-likeness (QED) is 0.417. The molecule has 0 aliphatic carbocycles. The van der Waals surface area contributed by atoms with Gasteiger partial charge < -0.3 is 14.2 Å². The summed E-state index contributed by atoms with van der Waals surface area (Å²) in [7, 11) is 0. The lowest BCUT2D eigenvalue weighted by Crippen LogP contribution is -2.36. The Morgan fingerprint density at radius 1 is 1.33 bits per heavy atom. The number of morpholine rings is 1. The lowest BCUT2D eigenvalue weighted by Gasteiger charge is -2.24. The average molecular weight is 295 g/mol. The molecule has 0 spiro atoms. The van der Waals surface area contributed by atoms with Gasteiger partial charge in [-0.25, -0.2) is 0 Å². The van der Waals surface area contributed by atoms with Crippen LogP contribution in [0.15, 0.2) is 0 Å². The number of carbonyl (C=O) groups is 1. The van der Waals surface area contributed by atoms with Gasteiger partial charge in [-0.2, -0.15) is 0 Å². The van der Waals surface area contributed by atoms with Crippen LogP contribution in [-0.2, 0) is 19.0 Å². The van der Waals surface area contributed by atoms with E-state index in [4.69, 9.17) is 14.2 Å². The van der Waals surface area contributed by atoms with Crippen molar-refractivity contribution in [1.29, 1.82) is 0 Å². The van der Waals surface area contributed by atoms with E-state index in [1.165, 1.54) is 0 Å². The fraction of sp³-hybridized carbons (Fsp3) is 0.812. The highest BCUT2D eigenvalue weighted by Gasteiger charge is 2.33. The van der Waals surface area contributed by atoms with Gasteiger partial charge in [0.2, 0.25) is 0 Å². The summed E-state index contributed by atoms with van der Waals surface area (Å²) >= 11 is 0. The Kier molecular flexibility index (Phi) is 7.01. The lowest BCUT2D eigenvalue weighted by molar-refractivity contribution is -0.146. The highest BCUT2D eigenvalue weighted by Crippen LogP contribution is 2.23. The monoisotopic (exact) mass is 295 g/mol. The van der Waals surface area contributed by atoms with Crippen molar-refractivity contribution in [2.75, 3.05) is 46.1 Å². The smallest absolute Gasteiger partial charge is 0.310 e. The summed E-state index contributed by atoms with van der Waals surface area (Å²) in [5.41, 5.74) is 0. The molecule has 0 saturated carbocycles. The predicted molar refractivity (Wildman–Crippen MR) is 78.7 cm³/mol. The van der Waals surface area contributed by atoms with E-state index in [9.17, 15) is 4.79 Å². The number of hydrogen-bond acceptors (Lipinski definition) is 5. The molecule has 118 valence electrons. The first-order chi connectivity index (χ1) is 10.3. The molecule has 0 unspecified atom stereocenters. The van der Waals surface area contributed by atoms with Gasteiger partial charge in [0.25, 0.3) is 0 Å². The van der Waals surface area contributed by atoms with Crippen molar-refractivity contribution in [3.8, 4) is 11.8 Å². The molecule has 2 rings (SSSR count). The zero-order valence-corrected chi connectivity index (χ0v) is 12.8. The molecule has 5 heteroatoms. The number of rotatable bonds is 6. The van der Waals surface area contributed by atoms with Gasteiger partial charge in [0.05, 0.1) is 32.3 Å². The van der Waals surface area contributed by atoms with Crippen LogP contribution in [0.25, 0.3) is 0 Å². The normalized spacial score (nSPS) is 26.2. The minimum Gasteiger partial charge on any atom is -0.460 e. The van der Waals surface area contributed by atoms with Gasteiger partial charge >= 0.3 is 5.97 Å². The Bertz CT molecular complexity index is 381. The first-order valence-corrected chi connectivity index (χ1v) is 7.83. The highest BCUT2D eigenvalue weighted by atomic mass is 16.6. The molecule has 0 radical (unpaired) electrons. The Morgan fingerprint density at radius 2 is 2.14 bits per heavy atom. The minimum atomic E-state index is -0.124. The van der Waals surface area contributed by atoms with Gasteiger partial charge in [-0.1, -0.05) is 12.8 Å². The minimum absolute atomic E-state index is 0.0857. The Balaban J connectivity index is 1.65. The maximum absolute atomic E-state index is 11.7. The molecule has 2 aliphatic rings. The van der Waals surface area contributed by atoms with Crippen molar-refractivity contribution in [2.24, 2.45) is 5.92 Å². The Hall–Kier alpha value is -1.09. The summed E-state index contributed by atoms with van der Waals surface area (Å²) < 4.78 is 16.0. The molecular formula is C16H25NO4. The van der Waals surface area contributed by atoms with Crippen LogP contribution in [0, 0.1) is 17.8 Å². The molecular weight excluding hydrogens is 270 g/mol. The van der Waals surface area contributed by atoms with E-state index in [0.29, 0.717) is 13.0 Å². The summed E-state index contributed by atoms with van der Waals surface area (Å²) in [4.78, 5) is 14.0.